The largest absolute Gasteiger partial charge is 0.293 e. The van der Waals surface area contributed by atoms with E-state index < -0.39 is 0 Å². The number of benzene rings is 1. The SMILES string of the molecule is O=C1c2ccccc2CC1I. The van der Waals surface area contributed by atoms with E-state index in [2.05, 4.69) is 22.6 Å². The molecule has 56 valence electrons. The molecule has 1 aliphatic carbocycles. The molecule has 0 radical (unpaired) electrons. The van der Waals surface area contributed by atoms with Crippen molar-refractivity contribution in [3.8, 4) is 0 Å². The van der Waals surface area contributed by atoms with Crippen molar-refractivity contribution in [1.82, 2.24) is 0 Å². The van der Waals surface area contributed by atoms with Gasteiger partial charge >= 0.3 is 0 Å². The van der Waals surface area contributed by atoms with Gasteiger partial charge in [-0.15, -0.1) is 0 Å². The van der Waals surface area contributed by atoms with Crippen LogP contribution >= 0.6 is 22.6 Å². The van der Waals surface area contributed by atoms with Crippen molar-refractivity contribution < 1.29 is 4.79 Å². The number of hydrogen-bond acceptors (Lipinski definition) is 1. The topological polar surface area (TPSA) is 17.1 Å². The second-order valence-electron chi connectivity index (χ2n) is 2.69. The fourth-order valence-electron chi connectivity index (χ4n) is 1.39. The summed E-state index contributed by atoms with van der Waals surface area (Å²) in [7, 11) is 0. The summed E-state index contributed by atoms with van der Waals surface area (Å²) in [6.45, 7) is 0. The Morgan fingerprint density at radius 1 is 1.36 bits per heavy atom. The maximum Gasteiger partial charge on any atom is 0.176 e. The second kappa shape index (κ2) is 2.59. The van der Waals surface area contributed by atoms with E-state index in [-0.39, 0.29) is 3.92 Å². The van der Waals surface area contributed by atoms with Crippen LogP contribution in [0.3, 0.4) is 0 Å². The molecule has 2 heteroatoms. The molecule has 2 rings (SSSR count). The van der Waals surface area contributed by atoms with Gasteiger partial charge in [0.25, 0.3) is 0 Å². The van der Waals surface area contributed by atoms with Crippen LogP contribution in [0, 0.1) is 0 Å². The highest BCUT2D eigenvalue weighted by atomic mass is 127. The van der Waals surface area contributed by atoms with Crippen LogP contribution in [-0.2, 0) is 6.42 Å². The third-order valence-corrected chi connectivity index (χ3v) is 2.97. The normalized spacial score (nSPS) is 21.9. The van der Waals surface area contributed by atoms with Crippen molar-refractivity contribution in [1.29, 1.82) is 0 Å². The Hall–Kier alpha value is -0.380. The Labute approximate surface area is 78.9 Å². The molecule has 0 bridgehead atoms. The Morgan fingerprint density at radius 3 is 2.82 bits per heavy atom. The fraction of sp³-hybridized carbons (Fsp3) is 0.222. The van der Waals surface area contributed by atoms with Crippen LogP contribution in [0.2, 0.25) is 0 Å². The number of alkyl halides is 1. The summed E-state index contributed by atoms with van der Waals surface area (Å²) in [6.07, 6.45) is 0.912. The predicted octanol–water partition coefficient (Wildman–Crippen LogP) is 2.23. The summed E-state index contributed by atoms with van der Waals surface area (Å²) in [5.41, 5.74) is 2.13. The molecule has 1 nitrogen and oxygen atoms in total. The lowest BCUT2D eigenvalue weighted by Gasteiger charge is -1.92. The van der Waals surface area contributed by atoms with Gasteiger partial charge in [-0.2, -0.15) is 0 Å². The molecule has 0 heterocycles. The van der Waals surface area contributed by atoms with Gasteiger partial charge in [0, 0.05) is 5.56 Å². The van der Waals surface area contributed by atoms with Gasteiger partial charge in [0.1, 0.15) is 0 Å². The molecule has 0 N–H and O–H groups in total. The first-order valence-corrected chi connectivity index (χ1v) is 4.80. The smallest absolute Gasteiger partial charge is 0.176 e. The van der Waals surface area contributed by atoms with Crippen LogP contribution < -0.4 is 0 Å². The van der Waals surface area contributed by atoms with Gasteiger partial charge in [-0.1, -0.05) is 46.9 Å². The van der Waals surface area contributed by atoms with Crippen LogP contribution in [0.5, 0.6) is 0 Å². The van der Waals surface area contributed by atoms with Crippen LogP contribution in [0.1, 0.15) is 15.9 Å². The molecule has 0 amide bonds. The summed E-state index contributed by atoms with van der Waals surface area (Å²) >= 11 is 2.20. The van der Waals surface area contributed by atoms with Crippen molar-refractivity contribution in [2.75, 3.05) is 0 Å². The number of fused-ring (bicyclic) bond motifs is 1. The molecule has 0 spiro atoms. The molecular weight excluding hydrogens is 251 g/mol. The molecule has 1 atom stereocenters. The van der Waals surface area contributed by atoms with Gasteiger partial charge in [0.05, 0.1) is 3.92 Å². The van der Waals surface area contributed by atoms with E-state index >= 15 is 0 Å². The average Bonchev–Trinajstić information content (AvgIpc) is 2.30. The zero-order chi connectivity index (χ0) is 7.84. The summed E-state index contributed by atoms with van der Waals surface area (Å²) < 4.78 is 0.171. The standard InChI is InChI=1S/C9H7IO/c10-8-5-6-3-1-2-4-7(6)9(8)11/h1-4,8H,5H2. The maximum absolute atomic E-state index is 11.4. The van der Waals surface area contributed by atoms with Gasteiger partial charge in [-0.3, -0.25) is 4.79 Å². The summed E-state index contributed by atoms with van der Waals surface area (Å²) in [4.78, 5) is 11.4. The molecule has 1 aromatic carbocycles. The van der Waals surface area contributed by atoms with Gasteiger partial charge in [0.2, 0.25) is 0 Å². The van der Waals surface area contributed by atoms with E-state index in [9.17, 15) is 4.79 Å². The van der Waals surface area contributed by atoms with Gasteiger partial charge < -0.3 is 0 Å². The minimum atomic E-state index is 0.171. The van der Waals surface area contributed by atoms with Gasteiger partial charge in [-0.25, -0.2) is 0 Å². The average molecular weight is 258 g/mol. The Morgan fingerprint density at radius 2 is 2.09 bits per heavy atom. The summed E-state index contributed by atoms with van der Waals surface area (Å²) in [5.74, 6) is 0.293. The lowest BCUT2D eigenvalue weighted by atomic mass is 10.1. The highest BCUT2D eigenvalue weighted by molar-refractivity contribution is 14.1. The minimum Gasteiger partial charge on any atom is -0.293 e. The summed E-state index contributed by atoms with van der Waals surface area (Å²) in [6, 6.07) is 7.86. The van der Waals surface area contributed by atoms with Gasteiger partial charge in [-0.05, 0) is 12.0 Å². The minimum absolute atomic E-state index is 0.171. The first-order valence-electron chi connectivity index (χ1n) is 3.55. The number of Topliss-reactive ketones (excluding diaryl/α,β-unsaturated/α-hetero) is 1. The predicted molar refractivity (Wildman–Crippen MR) is 52.3 cm³/mol. The molecule has 1 unspecified atom stereocenters. The lowest BCUT2D eigenvalue weighted by Crippen LogP contribution is -2.05. The van der Waals surface area contributed by atoms with E-state index in [4.69, 9.17) is 0 Å². The van der Waals surface area contributed by atoms with Crippen LogP contribution in [0.4, 0.5) is 0 Å². The van der Waals surface area contributed by atoms with Gasteiger partial charge in [0.15, 0.2) is 5.78 Å². The quantitative estimate of drug-likeness (QED) is 0.515. The lowest BCUT2D eigenvalue weighted by molar-refractivity contribution is 0.100. The monoisotopic (exact) mass is 258 g/mol. The number of rotatable bonds is 0. The van der Waals surface area contributed by atoms with Crippen LogP contribution in [-0.4, -0.2) is 9.71 Å². The van der Waals surface area contributed by atoms with E-state index in [1.165, 1.54) is 5.56 Å². The molecular formula is C9H7IO. The third kappa shape index (κ3) is 1.09. The number of ketones is 1. The van der Waals surface area contributed by atoms with Crippen LogP contribution in [0.25, 0.3) is 0 Å². The molecule has 0 saturated carbocycles. The van der Waals surface area contributed by atoms with Crippen molar-refractivity contribution in [3.63, 3.8) is 0 Å². The Bertz CT molecular complexity index is 306. The molecule has 1 aromatic rings. The zero-order valence-electron chi connectivity index (χ0n) is 5.88. The second-order valence-corrected chi connectivity index (χ2v) is 4.20. The number of carbonyl (C=O) groups excluding carboxylic acids is 1. The molecule has 0 aliphatic heterocycles. The molecule has 1 aliphatic rings. The summed E-state index contributed by atoms with van der Waals surface area (Å²) in [5, 5.41) is 0. The third-order valence-electron chi connectivity index (χ3n) is 1.97. The molecule has 0 saturated heterocycles. The van der Waals surface area contributed by atoms with Crippen molar-refractivity contribution >= 4 is 28.4 Å². The van der Waals surface area contributed by atoms with Crippen molar-refractivity contribution in [2.45, 2.75) is 10.3 Å². The van der Waals surface area contributed by atoms with E-state index in [1.54, 1.807) is 0 Å². The Kier molecular flexibility index (Phi) is 1.71. The Balaban J connectivity index is 2.55. The van der Waals surface area contributed by atoms with Crippen molar-refractivity contribution in [2.24, 2.45) is 0 Å². The molecule has 11 heavy (non-hydrogen) atoms. The van der Waals surface area contributed by atoms with E-state index in [0.29, 0.717) is 5.78 Å². The van der Waals surface area contributed by atoms with E-state index in [1.807, 2.05) is 24.3 Å². The number of halogens is 1. The fourth-order valence-corrected chi connectivity index (χ4v) is 2.20. The van der Waals surface area contributed by atoms with Crippen LogP contribution in [0.15, 0.2) is 24.3 Å². The number of carbonyl (C=O) groups is 1. The highest BCUT2D eigenvalue weighted by Gasteiger charge is 2.27. The maximum atomic E-state index is 11.4. The zero-order valence-corrected chi connectivity index (χ0v) is 8.04. The molecule has 0 fully saturated rings. The molecule has 0 aromatic heterocycles. The van der Waals surface area contributed by atoms with Crippen molar-refractivity contribution in [3.05, 3.63) is 35.4 Å². The van der Waals surface area contributed by atoms with E-state index in [0.717, 1.165) is 12.0 Å². The highest BCUT2D eigenvalue weighted by Crippen LogP contribution is 2.26. The number of hydrogen-bond donors (Lipinski definition) is 0. The first-order chi connectivity index (χ1) is 5.29. The first kappa shape index (κ1) is 7.28.